The van der Waals surface area contributed by atoms with Crippen molar-refractivity contribution in [3.05, 3.63) is 58.7 Å². The number of phenols is 1. The molecule has 0 aromatic heterocycles. The van der Waals surface area contributed by atoms with Crippen molar-refractivity contribution >= 4 is 17.9 Å². The Kier molecular flexibility index (Phi) is 7.21. The topological polar surface area (TPSA) is 108 Å². The van der Waals surface area contributed by atoms with Crippen LogP contribution in [-0.2, 0) is 52.3 Å². The van der Waals surface area contributed by atoms with Gasteiger partial charge in [0.2, 0.25) is 0 Å². The molecule has 1 saturated heterocycles. The summed E-state index contributed by atoms with van der Waals surface area (Å²) < 4.78 is 20.6. The van der Waals surface area contributed by atoms with Crippen LogP contribution in [0.3, 0.4) is 0 Å². The molecule has 2 aliphatic carbocycles. The fraction of sp³-hybridized carbons (Fsp3) is 0.500. The third kappa shape index (κ3) is 5.08. The zero-order valence-corrected chi connectivity index (χ0v) is 22.9. The molecule has 8 heteroatoms. The first-order valence-corrected chi connectivity index (χ1v) is 12.8. The molecule has 2 aromatic rings. The number of aryl methyl sites for hydroxylation is 2. The van der Waals surface area contributed by atoms with Gasteiger partial charge in [0.1, 0.15) is 11.5 Å². The van der Waals surface area contributed by atoms with E-state index in [0.717, 1.165) is 36.0 Å². The summed E-state index contributed by atoms with van der Waals surface area (Å²) in [5.74, 6) is -2.38. The van der Waals surface area contributed by atoms with E-state index in [1.165, 1.54) is 12.7 Å². The number of methoxy groups -OCH3 is 2. The van der Waals surface area contributed by atoms with E-state index in [9.17, 15) is 19.5 Å². The zero-order valence-electron chi connectivity index (χ0n) is 22.9. The Morgan fingerprint density at radius 2 is 1.53 bits per heavy atom. The molecule has 1 aliphatic heterocycles. The van der Waals surface area contributed by atoms with Crippen molar-refractivity contribution in [3.8, 4) is 11.5 Å². The first-order valence-electron chi connectivity index (χ1n) is 12.8. The van der Waals surface area contributed by atoms with Crippen LogP contribution in [0.25, 0.3) is 0 Å². The summed E-state index contributed by atoms with van der Waals surface area (Å²) in [4.78, 5) is 36.2. The molecule has 0 bridgehead atoms. The Balaban J connectivity index is 0.000000186. The lowest BCUT2D eigenvalue weighted by Crippen LogP contribution is -2.52. The molecular weight excluding hydrogens is 488 g/mol. The molecule has 204 valence electrons. The quantitative estimate of drug-likeness (QED) is 0.460. The number of aromatic hydroxyl groups is 1. The molecular formula is C30H36O8. The minimum Gasteiger partial charge on any atom is -0.508 e. The van der Waals surface area contributed by atoms with Gasteiger partial charge in [0.15, 0.2) is 5.92 Å². The van der Waals surface area contributed by atoms with Gasteiger partial charge in [0, 0.05) is 24.7 Å². The number of fused-ring (bicyclic) bond motifs is 2. The summed E-state index contributed by atoms with van der Waals surface area (Å²) in [5, 5.41) is 9.50. The molecule has 5 rings (SSSR count). The summed E-state index contributed by atoms with van der Waals surface area (Å²) >= 11 is 0. The number of hydrogen-bond donors (Lipinski definition) is 1. The number of carbonyl (C=O) groups excluding carboxylic acids is 3. The van der Waals surface area contributed by atoms with Crippen LogP contribution in [-0.4, -0.2) is 43.0 Å². The highest BCUT2D eigenvalue weighted by Gasteiger charge is 2.55. The minimum atomic E-state index is -1.20. The van der Waals surface area contributed by atoms with E-state index in [1.807, 2.05) is 31.2 Å². The molecule has 0 unspecified atom stereocenters. The molecule has 0 radical (unpaired) electrons. The number of phenolic OH excluding ortho intramolecular Hbond substituents is 1. The van der Waals surface area contributed by atoms with Gasteiger partial charge in [-0.05, 0) is 72.2 Å². The first kappa shape index (κ1) is 27.5. The van der Waals surface area contributed by atoms with Gasteiger partial charge in [-0.1, -0.05) is 26.0 Å². The van der Waals surface area contributed by atoms with E-state index in [-0.39, 0.29) is 17.1 Å². The van der Waals surface area contributed by atoms with Crippen LogP contribution in [0, 0.1) is 5.92 Å². The predicted molar refractivity (Wildman–Crippen MR) is 139 cm³/mol. The van der Waals surface area contributed by atoms with E-state index in [4.69, 9.17) is 18.9 Å². The Bertz CT molecular complexity index is 1240. The summed E-state index contributed by atoms with van der Waals surface area (Å²) in [6.07, 6.45) is 3.78. The monoisotopic (exact) mass is 524 g/mol. The highest BCUT2D eigenvalue weighted by Crippen LogP contribution is 2.48. The van der Waals surface area contributed by atoms with E-state index >= 15 is 0 Å². The van der Waals surface area contributed by atoms with Crippen LogP contribution >= 0.6 is 0 Å². The molecule has 2 atom stereocenters. The fourth-order valence-electron chi connectivity index (χ4n) is 5.96. The normalized spacial score (nSPS) is 25.3. The Morgan fingerprint density at radius 3 is 2.16 bits per heavy atom. The lowest BCUT2D eigenvalue weighted by Gasteiger charge is -2.39. The summed E-state index contributed by atoms with van der Waals surface area (Å²) in [6.45, 7) is 7.10. The maximum absolute atomic E-state index is 12.4. The molecule has 8 nitrogen and oxygen atoms in total. The molecule has 2 aromatic carbocycles. The number of ether oxygens (including phenoxy) is 4. The lowest BCUT2D eigenvalue weighted by atomic mass is 9.72. The molecule has 38 heavy (non-hydrogen) atoms. The smallest absolute Gasteiger partial charge is 0.324 e. The number of hydrogen-bond acceptors (Lipinski definition) is 8. The van der Waals surface area contributed by atoms with Gasteiger partial charge in [0.05, 0.1) is 20.6 Å². The average Bonchev–Trinajstić information content (AvgIpc) is 3.34. The maximum atomic E-state index is 12.4. The molecule has 1 fully saturated rings. The number of cyclic esters (lactones) is 2. The second-order valence-corrected chi connectivity index (χ2v) is 11.3. The first-order chi connectivity index (χ1) is 17.8. The van der Waals surface area contributed by atoms with Crippen molar-refractivity contribution in [3.63, 3.8) is 0 Å². The summed E-state index contributed by atoms with van der Waals surface area (Å²) in [7, 11) is 3.00. The largest absolute Gasteiger partial charge is 0.508 e. The second kappa shape index (κ2) is 9.97. The number of esters is 3. The average molecular weight is 525 g/mol. The van der Waals surface area contributed by atoms with Gasteiger partial charge in [-0.2, -0.15) is 0 Å². The van der Waals surface area contributed by atoms with Gasteiger partial charge in [-0.3, -0.25) is 14.4 Å². The van der Waals surface area contributed by atoms with Crippen molar-refractivity contribution in [2.75, 3.05) is 14.2 Å². The van der Waals surface area contributed by atoms with Crippen LogP contribution in [0.5, 0.6) is 11.5 Å². The van der Waals surface area contributed by atoms with E-state index in [2.05, 4.69) is 6.92 Å². The van der Waals surface area contributed by atoms with Crippen LogP contribution in [0.1, 0.15) is 69.2 Å². The zero-order chi connectivity index (χ0) is 27.9. The van der Waals surface area contributed by atoms with Gasteiger partial charge in [-0.15, -0.1) is 0 Å². The van der Waals surface area contributed by atoms with Crippen LogP contribution < -0.4 is 4.74 Å². The van der Waals surface area contributed by atoms with E-state index in [1.54, 1.807) is 33.1 Å². The molecule has 3 aliphatic rings. The van der Waals surface area contributed by atoms with Crippen molar-refractivity contribution in [1.82, 2.24) is 0 Å². The highest BCUT2D eigenvalue weighted by atomic mass is 16.7. The molecule has 1 N–H and O–H groups in total. The number of benzene rings is 2. The van der Waals surface area contributed by atoms with Crippen LogP contribution in [0.4, 0.5) is 0 Å². The maximum Gasteiger partial charge on any atom is 0.324 e. The van der Waals surface area contributed by atoms with Gasteiger partial charge >= 0.3 is 17.9 Å². The molecule has 1 heterocycles. The minimum absolute atomic E-state index is 0.193. The molecule has 0 spiro atoms. The van der Waals surface area contributed by atoms with Crippen molar-refractivity contribution in [1.29, 1.82) is 0 Å². The fourth-order valence-corrected chi connectivity index (χ4v) is 5.96. The summed E-state index contributed by atoms with van der Waals surface area (Å²) in [5.41, 5.74) is 3.58. The van der Waals surface area contributed by atoms with Crippen molar-refractivity contribution < 1.29 is 38.4 Å². The Morgan fingerprint density at radius 1 is 0.921 bits per heavy atom. The third-order valence-electron chi connectivity index (χ3n) is 8.10. The predicted octanol–water partition coefficient (Wildman–Crippen LogP) is 4.51. The van der Waals surface area contributed by atoms with Crippen LogP contribution in [0.2, 0.25) is 0 Å². The van der Waals surface area contributed by atoms with Crippen LogP contribution in [0.15, 0.2) is 36.4 Å². The third-order valence-corrected chi connectivity index (χ3v) is 8.10. The van der Waals surface area contributed by atoms with Crippen molar-refractivity contribution in [2.24, 2.45) is 5.92 Å². The number of carbonyl (C=O) groups is 3. The molecule has 0 saturated carbocycles. The van der Waals surface area contributed by atoms with E-state index < -0.39 is 29.1 Å². The lowest BCUT2D eigenvalue weighted by molar-refractivity contribution is -0.243. The van der Waals surface area contributed by atoms with Gasteiger partial charge in [-0.25, -0.2) is 0 Å². The Hall–Kier alpha value is -3.55. The highest BCUT2D eigenvalue weighted by molar-refractivity contribution is 5.98. The van der Waals surface area contributed by atoms with Gasteiger partial charge in [0.25, 0.3) is 5.79 Å². The SMILES string of the molecule is COC(=O)C[C@]1(C)CCc2ccc(O)cc21.COc1ccc2c(c1)[C@](C)(C1C(=O)OC(C)(C)OC1=O)CC2. The Labute approximate surface area is 223 Å². The second-order valence-electron chi connectivity index (χ2n) is 11.3. The standard InChI is InChI=1S/C17H20O5.C13H16O3/c1-16(2)21-14(18)13(15(19)22-16)17(3)8-7-10-5-6-11(20-4)9-12(10)17;1-13(8-12(15)16-2)6-5-9-3-4-10(14)7-11(9)13/h5-6,9,13H,7-8H2,1-4H3;3-4,7,14H,5-6,8H2,1-2H3/t17-;13-/m10/s1. The van der Waals surface area contributed by atoms with Gasteiger partial charge < -0.3 is 24.1 Å². The summed E-state index contributed by atoms with van der Waals surface area (Å²) in [6, 6.07) is 11.2. The van der Waals surface area contributed by atoms with E-state index in [0.29, 0.717) is 18.6 Å². The van der Waals surface area contributed by atoms with Crippen molar-refractivity contribution in [2.45, 2.75) is 76.4 Å². The molecule has 0 amide bonds. The number of rotatable bonds is 4.